The summed E-state index contributed by atoms with van der Waals surface area (Å²) in [5.74, 6) is -0.865. The number of methoxy groups -OCH3 is 1. The largest absolute Gasteiger partial charge is 0.495 e. The number of benzene rings is 2. The molecule has 1 saturated heterocycles. The van der Waals surface area contributed by atoms with E-state index in [2.05, 4.69) is 16.0 Å². The molecule has 0 bridgehead atoms. The van der Waals surface area contributed by atoms with Gasteiger partial charge >= 0.3 is 0 Å². The van der Waals surface area contributed by atoms with Crippen molar-refractivity contribution in [3.8, 4) is 5.75 Å². The van der Waals surface area contributed by atoms with Crippen LogP contribution in [0, 0.1) is 5.82 Å². The second-order valence-corrected chi connectivity index (χ2v) is 5.93. The second kappa shape index (κ2) is 8.61. The third-order valence-corrected chi connectivity index (χ3v) is 4.02. The van der Waals surface area contributed by atoms with E-state index in [-0.39, 0.29) is 11.5 Å². The molecular weight excluding hydrogens is 353 g/mol. The van der Waals surface area contributed by atoms with Gasteiger partial charge in [0.25, 0.3) is 11.8 Å². The lowest BCUT2D eigenvalue weighted by molar-refractivity contribution is -0.128. The highest BCUT2D eigenvalue weighted by Gasteiger charge is 2.22. The van der Waals surface area contributed by atoms with Crippen molar-refractivity contribution in [2.45, 2.75) is 6.10 Å². The highest BCUT2D eigenvalue weighted by Crippen LogP contribution is 2.28. The molecule has 1 aliphatic rings. The molecule has 1 fully saturated rings. The van der Waals surface area contributed by atoms with Crippen LogP contribution in [-0.4, -0.2) is 44.7 Å². The highest BCUT2D eigenvalue weighted by molar-refractivity contribution is 6.05. The zero-order valence-corrected chi connectivity index (χ0v) is 14.8. The molecule has 2 amide bonds. The fourth-order valence-electron chi connectivity index (χ4n) is 2.66. The summed E-state index contributed by atoms with van der Waals surface area (Å²) in [5, 5.41) is 8.51. The number of amides is 2. The van der Waals surface area contributed by atoms with Crippen LogP contribution < -0.4 is 20.7 Å². The van der Waals surface area contributed by atoms with Crippen LogP contribution in [0.2, 0.25) is 0 Å². The van der Waals surface area contributed by atoms with Crippen LogP contribution in [0.25, 0.3) is 0 Å². The van der Waals surface area contributed by atoms with Crippen molar-refractivity contribution in [3.05, 3.63) is 53.8 Å². The third kappa shape index (κ3) is 4.81. The van der Waals surface area contributed by atoms with E-state index < -0.39 is 17.8 Å². The smallest absolute Gasteiger partial charge is 0.255 e. The molecule has 142 valence electrons. The Hall–Kier alpha value is -2.97. The molecule has 0 saturated carbocycles. The number of rotatable bonds is 5. The summed E-state index contributed by atoms with van der Waals surface area (Å²) in [6.45, 7) is 1.61. The van der Waals surface area contributed by atoms with Gasteiger partial charge in [0, 0.05) is 24.3 Å². The lowest BCUT2D eigenvalue weighted by atomic mass is 10.2. The highest BCUT2D eigenvalue weighted by atomic mass is 19.1. The second-order valence-electron chi connectivity index (χ2n) is 5.93. The summed E-state index contributed by atoms with van der Waals surface area (Å²) in [5.41, 5.74) is 1.00. The Morgan fingerprint density at radius 3 is 2.78 bits per heavy atom. The Labute approximate surface area is 155 Å². The van der Waals surface area contributed by atoms with Gasteiger partial charge in [-0.2, -0.15) is 0 Å². The first-order valence-corrected chi connectivity index (χ1v) is 8.45. The quantitative estimate of drug-likeness (QED) is 0.746. The summed E-state index contributed by atoms with van der Waals surface area (Å²) in [4.78, 5) is 24.6. The number of halogens is 1. The van der Waals surface area contributed by atoms with Crippen molar-refractivity contribution in [2.75, 3.05) is 37.4 Å². The van der Waals surface area contributed by atoms with E-state index in [4.69, 9.17) is 9.47 Å². The van der Waals surface area contributed by atoms with Crippen LogP contribution in [0.5, 0.6) is 5.75 Å². The Balaban J connectivity index is 1.75. The van der Waals surface area contributed by atoms with E-state index in [1.807, 2.05) is 0 Å². The van der Waals surface area contributed by atoms with Crippen LogP contribution in [0.1, 0.15) is 10.4 Å². The van der Waals surface area contributed by atoms with Crippen LogP contribution >= 0.6 is 0 Å². The third-order valence-electron chi connectivity index (χ3n) is 4.02. The van der Waals surface area contributed by atoms with E-state index in [0.29, 0.717) is 36.8 Å². The van der Waals surface area contributed by atoms with E-state index in [1.165, 1.54) is 25.3 Å². The number of morpholine rings is 1. The zero-order chi connectivity index (χ0) is 19.2. The molecular formula is C19H20FN3O4. The number of carbonyl (C=O) groups excluding carboxylic acids is 2. The van der Waals surface area contributed by atoms with Crippen molar-refractivity contribution >= 4 is 23.2 Å². The van der Waals surface area contributed by atoms with Crippen LogP contribution in [0.15, 0.2) is 42.5 Å². The molecule has 3 N–H and O–H groups in total. The number of carbonyl (C=O) groups is 2. The standard InChI is InChI=1S/C19H20FN3O4/c1-26-16-6-5-14(22-19(25)17-11-21-7-8-27-17)10-15(16)23-18(24)12-3-2-4-13(20)9-12/h2-6,9-10,17,21H,7-8,11H2,1H3,(H,22,25)(H,23,24). The molecule has 2 aromatic carbocycles. The Morgan fingerprint density at radius 2 is 2.07 bits per heavy atom. The molecule has 0 aromatic heterocycles. The van der Waals surface area contributed by atoms with Gasteiger partial charge in [-0.15, -0.1) is 0 Å². The minimum Gasteiger partial charge on any atom is -0.495 e. The predicted molar refractivity (Wildman–Crippen MR) is 98.6 cm³/mol. The number of ether oxygens (including phenoxy) is 2. The van der Waals surface area contributed by atoms with Crippen molar-refractivity contribution in [1.29, 1.82) is 0 Å². The van der Waals surface area contributed by atoms with Gasteiger partial charge in [-0.25, -0.2) is 4.39 Å². The molecule has 2 aromatic rings. The Morgan fingerprint density at radius 1 is 1.22 bits per heavy atom. The SMILES string of the molecule is COc1ccc(NC(=O)C2CNCCO2)cc1NC(=O)c1cccc(F)c1. The van der Waals surface area contributed by atoms with Crippen LogP contribution in [0.3, 0.4) is 0 Å². The van der Waals surface area contributed by atoms with Gasteiger partial charge in [-0.05, 0) is 36.4 Å². The lowest BCUT2D eigenvalue weighted by Gasteiger charge is -2.23. The maximum atomic E-state index is 13.3. The maximum Gasteiger partial charge on any atom is 0.255 e. The molecule has 1 heterocycles. The van der Waals surface area contributed by atoms with E-state index in [1.54, 1.807) is 18.2 Å². The number of hydrogen-bond acceptors (Lipinski definition) is 5. The van der Waals surface area contributed by atoms with Crippen LogP contribution in [-0.2, 0) is 9.53 Å². The normalized spacial score (nSPS) is 16.4. The van der Waals surface area contributed by atoms with Crippen molar-refractivity contribution in [1.82, 2.24) is 5.32 Å². The Bertz CT molecular complexity index is 837. The first-order valence-electron chi connectivity index (χ1n) is 8.45. The van der Waals surface area contributed by atoms with Gasteiger partial charge in [0.2, 0.25) is 0 Å². The molecule has 1 unspecified atom stereocenters. The average Bonchev–Trinajstić information content (AvgIpc) is 2.69. The summed E-state index contributed by atoms with van der Waals surface area (Å²) in [6, 6.07) is 10.2. The lowest BCUT2D eigenvalue weighted by Crippen LogP contribution is -2.45. The monoisotopic (exact) mass is 373 g/mol. The molecule has 27 heavy (non-hydrogen) atoms. The predicted octanol–water partition coefficient (Wildman–Crippen LogP) is 2.01. The summed E-state index contributed by atoms with van der Waals surface area (Å²) in [6.07, 6.45) is -0.578. The van der Waals surface area contributed by atoms with Gasteiger partial charge in [0.1, 0.15) is 17.7 Å². The van der Waals surface area contributed by atoms with Crippen molar-refractivity contribution in [3.63, 3.8) is 0 Å². The van der Waals surface area contributed by atoms with E-state index in [9.17, 15) is 14.0 Å². The van der Waals surface area contributed by atoms with Gasteiger partial charge < -0.3 is 25.4 Å². The van der Waals surface area contributed by atoms with Gasteiger partial charge in [-0.3, -0.25) is 9.59 Å². The fourth-order valence-corrected chi connectivity index (χ4v) is 2.66. The minimum absolute atomic E-state index is 0.174. The fraction of sp³-hybridized carbons (Fsp3) is 0.263. The topological polar surface area (TPSA) is 88.7 Å². The summed E-state index contributed by atoms with van der Waals surface area (Å²) >= 11 is 0. The van der Waals surface area contributed by atoms with Gasteiger partial charge in [0.05, 0.1) is 19.4 Å². The molecule has 3 rings (SSSR count). The van der Waals surface area contributed by atoms with Gasteiger partial charge in [0.15, 0.2) is 0 Å². The molecule has 1 atom stereocenters. The molecule has 7 nitrogen and oxygen atoms in total. The molecule has 0 spiro atoms. The van der Waals surface area contributed by atoms with Crippen molar-refractivity contribution in [2.24, 2.45) is 0 Å². The summed E-state index contributed by atoms with van der Waals surface area (Å²) < 4.78 is 24.0. The van der Waals surface area contributed by atoms with Crippen molar-refractivity contribution < 1.29 is 23.5 Å². The minimum atomic E-state index is -0.578. The first-order chi connectivity index (χ1) is 13.1. The molecule has 1 aliphatic heterocycles. The first kappa shape index (κ1) is 18.8. The Kier molecular flexibility index (Phi) is 6.00. The number of nitrogens with one attached hydrogen (secondary N) is 3. The van der Waals surface area contributed by atoms with Crippen LogP contribution in [0.4, 0.5) is 15.8 Å². The number of hydrogen-bond donors (Lipinski definition) is 3. The summed E-state index contributed by atoms with van der Waals surface area (Å²) in [7, 11) is 1.47. The molecule has 0 radical (unpaired) electrons. The van der Waals surface area contributed by atoms with Gasteiger partial charge in [-0.1, -0.05) is 6.07 Å². The van der Waals surface area contributed by atoms with E-state index in [0.717, 1.165) is 6.07 Å². The maximum absolute atomic E-state index is 13.3. The molecule has 0 aliphatic carbocycles. The zero-order valence-electron chi connectivity index (χ0n) is 14.8. The average molecular weight is 373 g/mol. The molecule has 8 heteroatoms. The number of anilines is 2. The van der Waals surface area contributed by atoms with E-state index >= 15 is 0 Å².